The van der Waals surface area contributed by atoms with Gasteiger partial charge in [0.2, 0.25) is 0 Å². The molecular formula is C29H31NO6S2. The van der Waals surface area contributed by atoms with Gasteiger partial charge in [0.15, 0.2) is 11.5 Å². The number of fused-ring (bicyclic) bond motifs is 1. The van der Waals surface area contributed by atoms with E-state index in [2.05, 4.69) is 4.90 Å². The average molecular weight is 554 g/mol. The molecule has 200 valence electrons. The minimum atomic E-state index is -3.84. The molecule has 9 heteroatoms. The van der Waals surface area contributed by atoms with Crippen LogP contribution in [-0.2, 0) is 10.1 Å². The Bertz CT molecular complexity index is 1460. The monoisotopic (exact) mass is 553 g/mol. The second-order valence-electron chi connectivity index (χ2n) is 9.22. The van der Waals surface area contributed by atoms with E-state index in [-0.39, 0.29) is 23.0 Å². The maximum absolute atomic E-state index is 12.2. The number of aromatic hydroxyl groups is 1. The van der Waals surface area contributed by atoms with Crippen molar-refractivity contribution in [1.29, 1.82) is 0 Å². The molecule has 1 aromatic heterocycles. The van der Waals surface area contributed by atoms with Gasteiger partial charge in [-0.25, -0.2) is 0 Å². The third kappa shape index (κ3) is 6.40. The van der Waals surface area contributed by atoms with Crippen LogP contribution in [0.5, 0.6) is 28.7 Å². The first kappa shape index (κ1) is 26.3. The van der Waals surface area contributed by atoms with Gasteiger partial charge in [-0.1, -0.05) is 24.6 Å². The van der Waals surface area contributed by atoms with Crippen molar-refractivity contribution in [2.45, 2.75) is 26.2 Å². The molecule has 0 saturated carbocycles. The topological polar surface area (TPSA) is 85.3 Å². The summed E-state index contributed by atoms with van der Waals surface area (Å²) in [6, 6.07) is 20.0. The van der Waals surface area contributed by atoms with Crippen LogP contribution in [0.3, 0.4) is 0 Å². The minimum Gasteiger partial charge on any atom is -0.507 e. The number of ether oxygens (including phenoxy) is 2. The molecule has 0 bridgehead atoms. The fourth-order valence-corrected chi connectivity index (χ4v) is 6.02. The molecule has 38 heavy (non-hydrogen) atoms. The summed E-state index contributed by atoms with van der Waals surface area (Å²) in [6.07, 6.45) is 3.81. The van der Waals surface area contributed by atoms with Gasteiger partial charge in [-0.05, 0) is 80.7 Å². The lowest BCUT2D eigenvalue weighted by Gasteiger charge is -2.26. The number of thiophene rings is 1. The van der Waals surface area contributed by atoms with Crippen molar-refractivity contribution in [2.75, 3.05) is 32.0 Å². The van der Waals surface area contributed by atoms with E-state index in [4.69, 9.17) is 13.7 Å². The Labute approximate surface area is 227 Å². The molecule has 0 spiro atoms. The zero-order chi connectivity index (χ0) is 26.5. The van der Waals surface area contributed by atoms with Gasteiger partial charge in [0.1, 0.15) is 23.9 Å². The highest BCUT2D eigenvalue weighted by Gasteiger charge is 2.20. The molecular weight excluding hydrogens is 522 g/mol. The number of hydrogen-bond donors (Lipinski definition) is 1. The van der Waals surface area contributed by atoms with Crippen LogP contribution in [0.2, 0.25) is 0 Å². The van der Waals surface area contributed by atoms with Gasteiger partial charge >= 0.3 is 10.1 Å². The lowest BCUT2D eigenvalue weighted by Crippen LogP contribution is -2.33. The van der Waals surface area contributed by atoms with Gasteiger partial charge < -0.3 is 18.8 Å². The van der Waals surface area contributed by atoms with E-state index in [0.29, 0.717) is 17.9 Å². The first-order valence-corrected chi connectivity index (χ1v) is 15.2. The van der Waals surface area contributed by atoms with Crippen molar-refractivity contribution in [1.82, 2.24) is 4.90 Å². The van der Waals surface area contributed by atoms with Crippen molar-refractivity contribution in [3.8, 4) is 39.2 Å². The van der Waals surface area contributed by atoms with Crippen LogP contribution in [0.4, 0.5) is 0 Å². The maximum atomic E-state index is 12.2. The van der Waals surface area contributed by atoms with Crippen LogP contribution in [0, 0.1) is 0 Å². The van der Waals surface area contributed by atoms with E-state index >= 15 is 0 Å². The molecule has 1 saturated heterocycles. The summed E-state index contributed by atoms with van der Waals surface area (Å²) in [6.45, 7) is 5.27. The molecule has 1 aliphatic heterocycles. The van der Waals surface area contributed by atoms with Crippen molar-refractivity contribution in [3.63, 3.8) is 0 Å². The third-order valence-corrected chi connectivity index (χ3v) is 8.79. The normalized spacial score (nSPS) is 14.4. The Morgan fingerprint density at radius 2 is 1.66 bits per heavy atom. The Hall–Kier alpha value is -3.27. The molecule has 1 N–H and O–H groups in total. The molecule has 1 aliphatic rings. The van der Waals surface area contributed by atoms with Crippen molar-refractivity contribution in [3.05, 3.63) is 66.7 Å². The molecule has 2 heterocycles. The van der Waals surface area contributed by atoms with Crippen molar-refractivity contribution < 1.29 is 27.2 Å². The summed E-state index contributed by atoms with van der Waals surface area (Å²) < 4.78 is 42.8. The summed E-state index contributed by atoms with van der Waals surface area (Å²) in [4.78, 5) is 3.25. The lowest BCUT2D eigenvalue weighted by molar-refractivity contribution is 0.183. The standard InChI is InChI=1S/C29H31NO6S2/c1-2-38(32,33)36-27-20-25(31)24(29-18-21-8-4-5-9-28(21)37-29)19-26(27)35-23-12-10-22(11-13-23)34-17-16-30-14-6-3-7-15-30/h4-5,8-13,18-20,31H,2-3,6-7,14-17H2,1H3. The van der Waals surface area contributed by atoms with Crippen LogP contribution in [0.1, 0.15) is 26.2 Å². The van der Waals surface area contributed by atoms with Gasteiger partial charge in [0.25, 0.3) is 0 Å². The highest BCUT2D eigenvalue weighted by Crippen LogP contribution is 2.45. The summed E-state index contributed by atoms with van der Waals surface area (Å²) >= 11 is 1.53. The Morgan fingerprint density at radius 3 is 2.39 bits per heavy atom. The van der Waals surface area contributed by atoms with E-state index in [9.17, 15) is 13.5 Å². The molecule has 5 rings (SSSR count). The van der Waals surface area contributed by atoms with Crippen molar-refractivity contribution in [2.24, 2.45) is 0 Å². The highest BCUT2D eigenvalue weighted by molar-refractivity contribution is 7.87. The second-order valence-corrected chi connectivity index (χ2v) is 12.2. The number of benzene rings is 3. The molecule has 0 unspecified atom stereocenters. The molecule has 0 aliphatic carbocycles. The van der Waals surface area contributed by atoms with E-state index in [1.807, 2.05) is 42.5 Å². The Kier molecular flexibility index (Phi) is 8.06. The molecule has 3 aromatic carbocycles. The van der Waals surface area contributed by atoms with E-state index in [1.54, 1.807) is 18.2 Å². The van der Waals surface area contributed by atoms with E-state index < -0.39 is 10.1 Å². The molecule has 7 nitrogen and oxygen atoms in total. The van der Waals surface area contributed by atoms with Gasteiger partial charge in [0.05, 0.1) is 5.75 Å². The molecule has 4 aromatic rings. The number of rotatable bonds is 10. The first-order valence-electron chi connectivity index (χ1n) is 12.8. The van der Waals surface area contributed by atoms with Crippen LogP contribution >= 0.6 is 11.3 Å². The number of hydrogen-bond acceptors (Lipinski definition) is 8. The smallest absolute Gasteiger partial charge is 0.309 e. The van der Waals surface area contributed by atoms with Crippen LogP contribution < -0.4 is 13.7 Å². The molecule has 1 fully saturated rings. The second kappa shape index (κ2) is 11.6. The number of phenols is 1. The predicted molar refractivity (Wildman–Crippen MR) is 151 cm³/mol. The number of nitrogens with zero attached hydrogens (tertiary/aromatic N) is 1. The van der Waals surface area contributed by atoms with Gasteiger partial charge in [0, 0.05) is 27.8 Å². The lowest BCUT2D eigenvalue weighted by atomic mass is 10.1. The Morgan fingerprint density at radius 1 is 0.921 bits per heavy atom. The largest absolute Gasteiger partial charge is 0.507 e. The maximum Gasteiger partial charge on any atom is 0.309 e. The summed E-state index contributed by atoms with van der Waals surface area (Å²) in [5.41, 5.74) is 0.528. The third-order valence-electron chi connectivity index (χ3n) is 6.50. The number of piperidine rings is 1. The Balaban J connectivity index is 1.37. The number of likely N-dealkylation sites (tertiary alicyclic amines) is 1. The summed E-state index contributed by atoms with van der Waals surface area (Å²) in [5, 5.41) is 11.9. The fraction of sp³-hybridized carbons (Fsp3) is 0.310. The van der Waals surface area contributed by atoms with Gasteiger partial charge in [-0.15, -0.1) is 11.3 Å². The van der Waals surface area contributed by atoms with E-state index in [0.717, 1.165) is 40.3 Å². The molecule has 0 radical (unpaired) electrons. The SMILES string of the molecule is CCS(=O)(=O)Oc1cc(O)c(-c2cc3ccccc3s2)cc1Oc1ccc(OCCN2CCCCC2)cc1. The van der Waals surface area contributed by atoms with Gasteiger partial charge in [-0.3, -0.25) is 4.90 Å². The predicted octanol–water partition coefficient (Wildman–Crippen LogP) is 6.66. The summed E-state index contributed by atoms with van der Waals surface area (Å²) in [7, 11) is -3.84. The average Bonchev–Trinajstić information content (AvgIpc) is 3.35. The van der Waals surface area contributed by atoms with Gasteiger partial charge in [-0.2, -0.15) is 8.42 Å². The van der Waals surface area contributed by atoms with Crippen molar-refractivity contribution >= 4 is 31.5 Å². The zero-order valence-corrected chi connectivity index (χ0v) is 22.9. The van der Waals surface area contributed by atoms with Crippen LogP contribution in [0.15, 0.2) is 66.7 Å². The highest BCUT2D eigenvalue weighted by atomic mass is 32.2. The van der Waals surface area contributed by atoms with Crippen LogP contribution in [-0.4, -0.2) is 50.4 Å². The molecule has 0 atom stereocenters. The zero-order valence-electron chi connectivity index (χ0n) is 21.3. The minimum absolute atomic E-state index is 0.0731. The van der Waals surface area contributed by atoms with E-state index in [1.165, 1.54) is 43.6 Å². The quantitative estimate of drug-likeness (QED) is 0.220. The molecule has 0 amide bonds. The fourth-order valence-electron chi connectivity index (χ4n) is 4.41. The summed E-state index contributed by atoms with van der Waals surface area (Å²) in [5.74, 6) is 1.02. The number of phenolic OH excluding ortho intramolecular Hbond substituents is 1. The van der Waals surface area contributed by atoms with Crippen LogP contribution in [0.25, 0.3) is 20.5 Å². The first-order chi connectivity index (χ1) is 18.4.